The van der Waals surface area contributed by atoms with E-state index in [1.54, 1.807) is 0 Å². The van der Waals surface area contributed by atoms with Crippen LogP contribution in [0.1, 0.15) is 149 Å². The van der Waals surface area contributed by atoms with Gasteiger partial charge in [0.1, 0.15) is 0 Å². The van der Waals surface area contributed by atoms with Crippen molar-refractivity contribution in [3.63, 3.8) is 0 Å². The highest BCUT2D eigenvalue weighted by atomic mass is 15.2. The molecular formula is C90H82N4. The van der Waals surface area contributed by atoms with Crippen LogP contribution in [0.5, 0.6) is 0 Å². The molecule has 5 aliphatic carbocycles. The van der Waals surface area contributed by atoms with E-state index in [1.807, 2.05) is 0 Å². The quantitative estimate of drug-likeness (QED) is 0.143. The first-order valence-electron chi connectivity index (χ1n) is 34.3. The minimum atomic E-state index is -0.462. The van der Waals surface area contributed by atoms with Crippen LogP contribution < -0.4 is 25.3 Å². The van der Waals surface area contributed by atoms with Gasteiger partial charge in [0.2, 0.25) is 0 Å². The Hall–Kier alpha value is -9.64. The summed E-state index contributed by atoms with van der Waals surface area (Å²) in [7, 11) is 0. The highest BCUT2D eigenvalue weighted by Gasteiger charge is 2.49. The Morgan fingerprint density at radius 2 is 0.809 bits per heavy atom. The Morgan fingerprint density at radius 1 is 0.372 bits per heavy atom. The summed E-state index contributed by atoms with van der Waals surface area (Å²) in [5.74, 6) is 0.345. The van der Waals surface area contributed by atoms with Gasteiger partial charge in [-0.15, -0.1) is 0 Å². The van der Waals surface area contributed by atoms with E-state index < -0.39 is 10.8 Å². The molecule has 0 radical (unpaired) electrons. The van der Waals surface area contributed by atoms with Crippen molar-refractivity contribution in [1.29, 1.82) is 0 Å². The molecule has 0 amide bonds. The highest BCUT2D eigenvalue weighted by molar-refractivity contribution is 6.00. The number of allylic oxidation sites excluding steroid dienone is 4. The highest BCUT2D eigenvalue weighted by Crippen LogP contribution is 2.59. The standard InChI is InChI=1S/C90H82N4/c1-53-26-32-56(33-27-53)91(59-38-41-68-65-20-14-17-23-73(65)86(4,5)76(68)46-59)62-44-71-72-45-63(92(57-34-28-54(2)29-35-57)60-39-42-69-66-21-15-18-24-74(66)87(6,7)77(69)47-60)50-80-84(72)94-83(71)79(49-62)89(10,11)81-51-64(52-82(85(81)94)90(80,12)13)93(58-36-30-55(3)31-37-58)61-40-43-70-67-22-16-19-25-75(67)88(8,9)78(70)48-61/h14-46,48-49,51-52,63,77H,47,50H2,1-13H3. The van der Waals surface area contributed by atoms with Crippen LogP contribution in [0, 0.1) is 26.7 Å². The molecule has 94 heavy (non-hydrogen) atoms. The van der Waals surface area contributed by atoms with Gasteiger partial charge in [0.25, 0.3) is 0 Å². The van der Waals surface area contributed by atoms with Gasteiger partial charge in [0.05, 0.1) is 22.6 Å². The maximum atomic E-state index is 2.77. The molecule has 4 heteroatoms. The van der Waals surface area contributed by atoms with E-state index in [0.29, 0.717) is 5.92 Å². The lowest BCUT2D eigenvalue weighted by atomic mass is 9.67. The summed E-state index contributed by atoms with van der Waals surface area (Å²) in [6.07, 6.45) is 9.50. The lowest BCUT2D eigenvalue weighted by Crippen LogP contribution is -2.50. The van der Waals surface area contributed by atoms with Crippen molar-refractivity contribution in [2.24, 2.45) is 5.92 Å². The molecule has 0 saturated heterocycles. The maximum absolute atomic E-state index is 2.77. The Balaban J connectivity index is 0.904. The van der Waals surface area contributed by atoms with Gasteiger partial charge in [0, 0.05) is 77.8 Å². The molecule has 11 aromatic rings. The topological polar surface area (TPSA) is 14.7 Å². The van der Waals surface area contributed by atoms with Crippen LogP contribution in [0.25, 0.3) is 56.1 Å². The van der Waals surface area contributed by atoms with Crippen LogP contribution in [0.2, 0.25) is 0 Å². The van der Waals surface area contributed by atoms with E-state index in [9.17, 15) is 0 Å². The van der Waals surface area contributed by atoms with Crippen LogP contribution in [0.4, 0.5) is 39.8 Å². The SMILES string of the molecule is Cc1ccc(N(c2ccc3c(c2)C(C)(C)c2ccccc2-3)c2cc3c4c(c2)C(C)(C)c2cc(N(c5ccc(C)cc5)c5ccc6c(c5)C(C)(C)c5ccccc5-6)cc5c6c(n-4c25)=C(CC(N(C2=CC=C4c5ccccc5C(C)(C)C4C2)c2ccc(C)cc2)C=6)C3(C)C)cc1. The lowest BCUT2D eigenvalue weighted by Gasteiger charge is -2.46. The summed E-state index contributed by atoms with van der Waals surface area (Å²) >= 11 is 0. The monoisotopic (exact) mass is 1220 g/mol. The Morgan fingerprint density at radius 3 is 1.36 bits per heavy atom. The molecule has 18 rings (SSSR count). The van der Waals surface area contributed by atoms with Gasteiger partial charge in [-0.1, -0.05) is 219 Å². The van der Waals surface area contributed by atoms with E-state index in [2.05, 4.69) is 334 Å². The number of aryl methyl sites for hydroxylation is 3. The van der Waals surface area contributed by atoms with Gasteiger partial charge < -0.3 is 19.3 Å². The summed E-state index contributed by atoms with van der Waals surface area (Å²) in [5.41, 5.74) is 35.5. The molecule has 1 aromatic heterocycles. The summed E-state index contributed by atoms with van der Waals surface area (Å²) in [5, 5.41) is 4.02. The number of aromatic nitrogens is 1. The van der Waals surface area contributed by atoms with Crippen molar-refractivity contribution in [3.8, 4) is 27.9 Å². The zero-order chi connectivity index (χ0) is 64.4. The van der Waals surface area contributed by atoms with Crippen molar-refractivity contribution in [2.75, 3.05) is 14.7 Å². The van der Waals surface area contributed by atoms with Crippen molar-refractivity contribution in [3.05, 3.63) is 301 Å². The molecule has 2 unspecified atom stereocenters. The second-order valence-corrected chi connectivity index (χ2v) is 31.2. The third-order valence-corrected chi connectivity index (χ3v) is 24.0. The molecule has 3 heterocycles. The number of hydrogen-bond donors (Lipinski definition) is 0. The smallest absolute Gasteiger partial charge is 0.0583 e. The molecule has 7 aliphatic rings. The lowest BCUT2D eigenvalue weighted by molar-refractivity contribution is 0.403. The van der Waals surface area contributed by atoms with E-state index >= 15 is 0 Å². The number of rotatable bonds is 9. The third-order valence-electron chi connectivity index (χ3n) is 24.0. The number of nitrogens with zero attached hydrogens (tertiary/aromatic N) is 4. The first kappa shape index (κ1) is 57.1. The van der Waals surface area contributed by atoms with Crippen molar-refractivity contribution in [2.45, 2.75) is 136 Å². The van der Waals surface area contributed by atoms with E-state index in [1.165, 1.54) is 150 Å². The first-order valence-corrected chi connectivity index (χ1v) is 34.3. The van der Waals surface area contributed by atoms with Gasteiger partial charge in [-0.25, -0.2) is 0 Å². The molecule has 462 valence electrons. The van der Waals surface area contributed by atoms with Gasteiger partial charge in [-0.3, -0.25) is 0 Å². The first-order chi connectivity index (χ1) is 45.1. The van der Waals surface area contributed by atoms with Crippen LogP contribution in [0.15, 0.2) is 224 Å². The summed E-state index contributed by atoms with van der Waals surface area (Å²) in [6.45, 7) is 31.4. The largest absolute Gasteiger partial charge is 0.338 e. The minimum absolute atomic E-state index is 0.00146. The average Bonchev–Trinajstić information content (AvgIpc) is 1.44. The van der Waals surface area contributed by atoms with Gasteiger partial charge in [-0.05, 0) is 219 Å². The number of anilines is 7. The maximum Gasteiger partial charge on any atom is 0.0583 e. The van der Waals surface area contributed by atoms with Crippen molar-refractivity contribution in [1.82, 2.24) is 4.57 Å². The van der Waals surface area contributed by atoms with E-state index in [4.69, 9.17) is 0 Å². The molecule has 10 aromatic carbocycles. The summed E-state index contributed by atoms with van der Waals surface area (Å²) in [6, 6.07) is 80.1. The van der Waals surface area contributed by atoms with Gasteiger partial charge in [0.15, 0.2) is 0 Å². The molecule has 0 spiro atoms. The van der Waals surface area contributed by atoms with Crippen LogP contribution in [-0.4, -0.2) is 10.6 Å². The van der Waals surface area contributed by atoms with Crippen LogP contribution in [-0.2, 0) is 27.1 Å². The summed E-state index contributed by atoms with van der Waals surface area (Å²) < 4.78 is 2.77. The predicted molar refractivity (Wildman–Crippen MR) is 395 cm³/mol. The number of hydrogen-bond acceptors (Lipinski definition) is 3. The molecule has 0 bridgehead atoms. The van der Waals surface area contributed by atoms with Crippen LogP contribution >= 0.6 is 0 Å². The summed E-state index contributed by atoms with van der Waals surface area (Å²) in [4.78, 5) is 7.92. The number of fused-ring (bicyclic) bond motifs is 10. The molecule has 4 nitrogen and oxygen atoms in total. The second kappa shape index (κ2) is 19.5. The van der Waals surface area contributed by atoms with Gasteiger partial charge >= 0.3 is 0 Å². The molecule has 0 fully saturated rings. The number of benzene rings is 10. The Labute approximate surface area is 555 Å². The zero-order valence-electron chi connectivity index (χ0n) is 56.7. The van der Waals surface area contributed by atoms with Crippen LogP contribution in [0.3, 0.4) is 0 Å². The molecule has 2 aliphatic heterocycles. The minimum Gasteiger partial charge on any atom is -0.338 e. The average molecular weight is 1220 g/mol. The molecular weight excluding hydrogens is 1140 g/mol. The fraction of sp³-hybridized carbons (Fsp3) is 0.244. The van der Waals surface area contributed by atoms with Crippen molar-refractivity contribution < 1.29 is 0 Å². The fourth-order valence-electron chi connectivity index (χ4n) is 18.7. The van der Waals surface area contributed by atoms with Crippen molar-refractivity contribution >= 4 is 67.9 Å². The normalized spacial score (nSPS) is 19.0. The molecule has 2 atom stereocenters. The predicted octanol–water partition coefficient (Wildman–Crippen LogP) is 21.5. The fourth-order valence-corrected chi connectivity index (χ4v) is 18.7. The van der Waals surface area contributed by atoms with E-state index in [-0.39, 0.29) is 22.3 Å². The molecule has 0 N–H and O–H groups in total. The Bertz CT molecular complexity index is 5320. The van der Waals surface area contributed by atoms with E-state index in [0.717, 1.165) is 35.6 Å². The zero-order valence-corrected chi connectivity index (χ0v) is 56.7. The Kier molecular flexibility index (Phi) is 11.8. The second-order valence-electron chi connectivity index (χ2n) is 31.2. The molecule has 0 saturated carbocycles. The third kappa shape index (κ3) is 7.80. The van der Waals surface area contributed by atoms with Gasteiger partial charge in [-0.2, -0.15) is 0 Å².